The number of hydrogen-bond acceptors (Lipinski definition) is 6. The van der Waals surface area contributed by atoms with Crippen LogP contribution in [0.2, 0.25) is 0 Å². The fraction of sp³-hybridized carbons (Fsp3) is 0.273. The molecule has 9 nitrogen and oxygen atoms in total. The van der Waals surface area contributed by atoms with Crippen LogP contribution in [0.3, 0.4) is 0 Å². The van der Waals surface area contributed by atoms with E-state index in [0.29, 0.717) is 16.8 Å². The molecule has 0 bridgehead atoms. The molecule has 31 heavy (non-hydrogen) atoms. The number of nitrogens with one attached hydrogen (secondary N) is 3. The van der Waals surface area contributed by atoms with E-state index >= 15 is 0 Å². The Balaban J connectivity index is 1.48. The van der Waals surface area contributed by atoms with Crippen LogP contribution in [0.5, 0.6) is 0 Å². The maximum atomic E-state index is 12.1. The van der Waals surface area contributed by atoms with Crippen LogP contribution in [0.1, 0.15) is 33.6 Å². The molecule has 0 saturated heterocycles. The maximum Gasteiger partial charge on any atom is 0.331 e. The fourth-order valence-electron chi connectivity index (χ4n) is 2.68. The number of anilines is 1. The first kappa shape index (κ1) is 22.0. The molecule has 3 rings (SSSR count). The van der Waals surface area contributed by atoms with Crippen molar-refractivity contribution in [1.82, 2.24) is 10.6 Å². The number of amides is 3. The van der Waals surface area contributed by atoms with Crippen LogP contribution in [0.25, 0.3) is 0 Å². The highest BCUT2D eigenvalue weighted by molar-refractivity contribution is 5.99. The van der Waals surface area contributed by atoms with Crippen LogP contribution in [0, 0.1) is 0 Å². The van der Waals surface area contributed by atoms with Crippen molar-refractivity contribution in [3.8, 4) is 0 Å². The minimum absolute atomic E-state index is 0.215. The van der Waals surface area contributed by atoms with Gasteiger partial charge in [0.1, 0.15) is 0 Å². The molecule has 3 amide bonds. The molecule has 0 aromatic heterocycles. The second-order valence-corrected chi connectivity index (χ2v) is 7.06. The Morgan fingerprint density at radius 1 is 0.968 bits per heavy atom. The third-order valence-electron chi connectivity index (χ3n) is 4.48. The first-order valence-corrected chi connectivity index (χ1v) is 9.80. The molecule has 1 atom stereocenters. The monoisotopic (exact) mass is 425 g/mol. The second kappa shape index (κ2) is 10.4. The molecular weight excluding hydrogens is 402 g/mol. The van der Waals surface area contributed by atoms with Crippen LogP contribution < -0.4 is 16.0 Å². The van der Waals surface area contributed by atoms with Crippen molar-refractivity contribution in [2.24, 2.45) is 0 Å². The predicted molar refractivity (Wildman–Crippen MR) is 111 cm³/mol. The smallest absolute Gasteiger partial charge is 0.331 e. The van der Waals surface area contributed by atoms with Crippen LogP contribution in [0.4, 0.5) is 5.69 Å². The number of rotatable bonds is 9. The molecule has 0 aliphatic heterocycles. The molecule has 1 unspecified atom stereocenters. The molecule has 1 aliphatic carbocycles. The van der Waals surface area contributed by atoms with Gasteiger partial charge in [0.15, 0.2) is 12.6 Å². The molecule has 2 aromatic rings. The van der Waals surface area contributed by atoms with E-state index in [1.165, 1.54) is 6.07 Å². The SMILES string of the molecule is O=C(COC(=O)C(CO)NC(=O)c1ccccc1)Nc1cccc(C(=O)NC2CC2)c1. The summed E-state index contributed by atoms with van der Waals surface area (Å²) in [4.78, 5) is 48.4. The normalized spacial score (nSPS) is 13.6. The van der Waals surface area contributed by atoms with Gasteiger partial charge in [-0.3, -0.25) is 14.4 Å². The lowest BCUT2D eigenvalue weighted by Gasteiger charge is -2.15. The van der Waals surface area contributed by atoms with Crippen LogP contribution in [-0.4, -0.2) is 54.1 Å². The largest absolute Gasteiger partial charge is 0.454 e. The van der Waals surface area contributed by atoms with Gasteiger partial charge in [-0.1, -0.05) is 24.3 Å². The molecule has 0 heterocycles. The Morgan fingerprint density at radius 2 is 1.68 bits per heavy atom. The summed E-state index contributed by atoms with van der Waals surface area (Å²) in [6.45, 7) is -1.30. The zero-order chi connectivity index (χ0) is 22.2. The Kier molecular flexibility index (Phi) is 7.34. The lowest BCUT2D eigenvalue weighted by atomic mass is 10.2. The fourth-order valence-corrected chi connectivity index (χ4v) is 2.68. The van der Waals surface area contributed by atoms with Gasteiger partial charge in [-0.05, 0) is 43.2 Å². The van der Waals surface area contributed by atoms with Crippen molar-refractivity contribution in [3.05, 3.63) is 65.7 Å². The number of benzene rings is 2. The third kappa shape index (κ3) is 6.65. The standard InChI is InChI=1S/C22H23N3O6/c26-12-18(25-20(28)14-5-2-1-3-6-14)22(30)31-13-19(27)23-17-8-4-7-15(11-17)21(29)24-16-9-10-16/h1-8,11,16,18,26H,9-10,12-13H2,(H,23,27)(H,24,29)(H,25,28). The molecule has 1 aliphatic rings. The van der Waals surface area contributed by atoms with Crippen molar-refractivity contribution in [1.29, 1.82) is 0 Å². The van der Waals surface area contributed by atoms with E-state index in [4.69, 9.17) is 4.74 Å². The van der Waals surface area contributed by atoms with Gasteiger partial charge >= 0.3 is 5.97 Å². The van der Waals surface area contributed by atoms with E-state index in [1.807, 2.05) is 0 Å². The maximum absolute atomic E-state index is 12.1. The van der Waals surface area contributed by atoms with Crippen molar-refractivity contribution in [2.45, 2.75) is 24.9 Å². The summed E-state index contributed by atoms with van der Waals surface area (Å²) in [5.74, 6) is -2.34. The number of hydrogen-bond donors (Lipinski definition) is 4. The number of aliphatic hydroxyl groups excluding tert-OH is 1. The van der Waals surface area contributed by atoms with Crippen molar-refractivity contribution in [2.75, 3.05) is 18.5 Å². The van der Waals surface area contributed by atoms with Gasteiger partial charge in [-0.25, -0.2) is 4.79 Å². The average Bonchev–Trinajstić information content (AvgIpc) is 3.60. The summed E-state index contributed by atoms with van der Waals surface area (Å²) >= 11 is 0. The van der Waals surface area contributed by atoms with E-state index in [-0.39, 0.29) is 11.9 Å². The van der Waals surface area contributed by atoms with E-state index in [1.54, 1.807) is 48.5 Å². The zero-order valence-electron chi connectivity index (χ0n) is 16.7. The van der Waals surface area contributed by atoms with E-state index in [9.17, 15) is 24.3 Å². The Labute approximate surface area is 178 Å². The molecule has 2 aromatic carbocycles. The van der Waals surface area contributed by atoms with E-state index < -0.39 is 37.0 Å². The van der Waals surface area contributed by atoms with E-state index in [0.717, 1.165) is 12.8 Å². The number of ether oxygens (including phenoxy) is 1. The number of aliphatic hydroxyl groups is 1. The predicted octanol–water partition coefficient (Wildman–Crippen LogP) is 0.851. The van der Waals surface area contributed by atoms with Gasteiger partial charge < -0.3 is 25.8 Å². The minimum atomic E-state index is -1.31. The highest BCUT2D eigenvalue weighted by atomic mass is 16.5. The summed E-state index contributed by atoms with van der Waals surface area (Å²) in [6, 6.07) is 13.5. The van der Waals surface area contributed by atoms with Crippen LogP contribution >= 0.6 is 0 Å². The molecule has 9 heteroatoms. The molecular formula is C22H23N3O6. The van der Waals surface area contributed by atoms with Crippen molar-refractivity contribution >= 4 is 29.4 Å². The summed E-state index contributed by atoms with van der Waals surface area (Å²) in [7, 11) is 0. The van der Waals surface area contributed by atoms with Gasteiger partial charge in [0, 0.05) is 22.9 Å². The molecule has 4 N–H and O–H groups in total. The second-order valence-electron chi connectivity index (χ2n) is 7.06. The highest BCUT2D eigenvalue weighted by Gasteiger charge is 2.24. The lowest BCUT2D eigenvalue weighted by molar-refractivity contribution is -0.150. The summed E-state index contributed by atoms with van der Waals surface area (Å²) in [6.07, 6.45) is 1.93. The summed E-state index contributed by atoms with van der Waals surface area (Å²) < 4.78 is 4.90. The Morgan fingerprint density at radius 3 is 2.35 bits per heavy atom. The van der Waals surface area contributed by atoms with Gasteiger partial charge in [0.2, 0.25) is 0 Å². The molecule has 1 fully saturated rings. The molecule has 162 valence electrons. The topological polar surface area (TPSA) is 134 Å². The first-order chi connectivity index (χ1) is 15.0. The zero-order valence-corrected chi connectivity index (χ0v) is 16.7. The highest BCUT2D eigenvalue weighted by Crippen LogP contribution is 2.20. The van der Waals surface area contributed by atoms with Crippen LogP contribution in [0.15, 0.2) is 54.6 Å². The summed E-state index contributed by atoms with van der Waals surface area (Å²) in [5.41, 5.74) is 1.10. The first-order valence-electron chi connectivity index (χ1n) is 9.80. The number of esters is 1. The van der Waals surface area contributed by atoms with E-state index in [2.05, 4.69) is 16.0 Å². The molecule has 0 radical (unpaired) electrons. The quantitative estimate of drug-likeness (QED) is 0.440. The van der Waals surface area contributed by atoms with Crippen molar-refractivity contribution < 1.29 is 29.0 Å². The lowest BCUT2D eigenvalue weighted by Crippen LogP contribution is -2.45. The third-order valence-corrected chi connectivity index (χ3v) is 4.48. The van der Waals surface area contributed by atoms with Gasteiger partial charge in [0.25, 0.3) is 17.7 Å². The average molecular weight is 425 g/mol. The molecule has 0 spiro atoms. The van der Waals surface area contributed by atoms with Gasteiger partial charge in [-0.15, -0.1) is 0 Å². The Hall–Kier alpha value is -3.72. The van der Waals surface area contributed by atoms with Gasteiger partial charge in [0.05, 0.1) is 6.61 Å². The minimum Gasteiger partial charge on any atom is -0.454 e. The van der Waals surface area contributed by atoms with Gasteiger partial charge in [-0.2, -0.15) is 0 Å². The number of carbonyl (C=O) groups is 4. The Bertz CT molecular complexity index is 959. The number of carbonyl (C=O) groups excluding carboxylic acids is 4. The van der Waals surface area contributed by atoms with Crippen molar-refractivity contribution in [3.63, 3.8) is 0 Å². The molecule has 1 saturated carbocycles. The summed E-state index contributed by atoms with van der Waals surface area (Å²) in [5, 5.41) is 17.1. The van der Waals surface area contributed by atoms with Crippen LogP contribution in [-0.2, 0) is 14.3 Å².